The number of carbonyl (C=O) groups is 1. The lowest BCUT2D eigenvalue weighted by atomic mass is 9.90. The van der Waals surface area contributed by atoms with Gasteiger partial charge in [-0.15, -0.1) is 0 Å². The molecule has 0 aliphatic carbocycles. The molecule has 0 radical (unpaired) electrons. The number of rotatable bonds is 3. The summed E-state index contributed by atoms with van der Waals surface area (Å²) in [6, 6.07) is 9.86. The van der Waals surface area contributed by atoms with E-state index in [2.05, 4.69) is 5.32 Å². The van der Waals surface area contributed by atoms with E-state index in [-0.39, 0.29) is 11.9 Å². The second-order valence-electron chi connectivity index (χ2n) is 4.87. The number of nitrogens with two attached hydrogens (primary N) is 1. The van der Waals surface area contributed by atoms with Crippen molar-refractivity contribution < 1.29 is 9.53 Å². The summed E-state index contributed by atoms with van der Waals surface area (Å²) < 4.78 is 5.24. The van der Waals surface area contributed by atoms with Crippen LogP contribution in [0.15, 0.2) is 30.3 Å². The van der Waals surface area contributed by atoms with E-state index in [1.54, 1.807) is 0 Å². The van der Waals surface area contributed by atoms with E-state index in [9.17, 15) is 4.79 Å². The van der Waals surface area contributed by atoms with Crippen LogP contribution in [0.25, 0.3) is 0 Å². The van der Waals surface area contributed by atoms with Crippen molar-refractivity contribution in [3.63, 3.8) is 0 Å². The Morgan fingerprint density at radius 2 is 1.94 bits per heavy atom. The summed E-state index contributed by atoms with van der Waals surface area (Å²) in [5, 5.41) is 2.99. The molecule has 98 valence electrons. The Balaban J connectivity index is 1.98. The molecule has 2 rings (SSSR count). The van der Waals surface area contributed by atoms with Gasteiger partial charge in [-0.1, -0.05) is 30.3 Å². The lowest BCUT2D eigenvalue weighted by molar-refractivity contribution is -0.130. The molecule has 1 heterocycles. The fourth-order valence-corrected chi connectivity index (χ4v) is 2.13. The summed E-state index contributed by atoms with van der Waals surface area (Å²) in [7, 11) is 0. The van der Waals surface area contributed by atoms with Gasteiger partial charge >= 0.3 is 0 Å². The highest BCUT2D eigenvalue weighted by molar-refractivity contribution is 5.86. The normalized spacial score (nSPS) is 20.1. The van der Waals surface area contributed by atoms with Crippen LogP contribution >= 0.6 is 0 Å². The predicted octanol–water partition coefficient (Wildman–Crippen LogP) is 1.37. The van der Waals surface area contributed by atoms with Crippen molar-refractivity contribution >= 4 is 5.91 Å². The van der Waals surface area contributed by atoms with Gasteiger partial charge in [-0.25, -0.2) is 0 Å². The fraction of sp³-hybridized carbons (Fsp3) is 0.500. The van der Waals surface area contributed by atoms with Gasteiger partial charge in [-0.2, -0.15) is 0 Å². The van der Waals surface area contributed by atoms with Crippen molar-refractivity contribution in [2.45, 2.75) is 31.3 Å². The molecule has 1 atom stereocenters. The monoisotopic (exact) mass is 248 g/mol. The molecule has 1 unspecified atom stereocenters. The molecule has 1 aromatic carbocycles. The Kier molecular flexibility index (Phi) is 3.99. The van der Waals surface area contributed by atoms with Crippen LogP contribution in [0.1, 0.15) is 31.4 Å². The molecular weight excluding hydrogens is 228 g/mol. The second kappa shape index (κ2) is 5.50. The first-order valence-corrected chi connectivity index (χ1v) is 6.34. The van der Waals surface area contributed by atoms with Gasteiger partial charge in [-0.05, 0) is 25.3 Å². The van der Waals surface area contributed by atoms with E-state index < -0.39 is 5.54 Å². The maximum atomic E-state index is 12.2. The third kappa shape index (κ3) is 2.89. The third-order valence-corrected chi connectivity index (χ3v) is 3.48. The number of hydrogen-bond donors (Lipinski definition) is 2. The van der Waals surface area contributed by atoms with Crippen LogP contribution in [-0.4, -0.2) is 24.7 Å². The van der Waals surface area contributed by atoms with Crippen molar-refractivity contribution in [3.05, 3.63) is 35.9 Å². The summed E-state index contributed by atoms with van der Waals surface area (Å²) in [4.78, 5) is 12.2. The second-order valence-corrected chi connectivity index (χ2v) is 4.87. The Labute approximate surface area is 108 Å². The van der Waals surface area contributed by atoms with E-state index >= 15 is 0 Å². The smallest absolute Gasteiger partial charge is 0.240 e. The SMILES string of the molecule is CC(NC(=O)C1(N)CCOCC1)c1ccccc1. The van der Waals surface area contributed by atoms with Crippen LogP contribution in [0.5, 0.6) is 0 Å². The van der Waals surface area contributed by atoms with Crippen molar-refractivity contribution in [1.82, 2.24) is 5.32 Å². The first-order valence-electron chi connectivity index (χ1n) is 6.34. The third-order valence-electron chi connectivity index (χ3n) is 3.48. The van der Waals surface area contributed by atoms with E-state index in [0.717, 1.165) is 5.56 Å². The molecule has 4 heteroatoms. The zero-order chi connectivity index (χ0) is 13.0. The van der Waals surface area contributed by atoms with E-state index in [4.69, 9.17) is 10.5 Å². The summed E-state index contributed by atoms with van der Waals surface area (Å²) in [6.07, 6.45) is 1.17. The zero-order valence-electron chi connectivity index (χ0n) is 10.7. The molecule has 0 spiro atoms. The van der Waals surface area contributed by atoms with Crippen molar-refractivity contribution in [3.8, 4) is 0 Å². The van der Waals surface area contributed by atoms with Gasteiger partial charge in [0.05, 0.1) is 11.6 Å². The van der Waals surface area contributed by atoms with Crippen LogP contribution in [0.3, 0.4) is 0 Å². The van der Waals surface area contributed by atoms with Gasteiger partial charge in [0.25, 0.3) is 0 Å². The van der Waals surface area contributed by atoms with Gasteiger partial charge in [0.2, 0.25) is 5.91 Å². The molecule has 3 N–H and O–H groups in total. The Morgan fingerprint density at radius 3 is 2.56 bits per heavy atom. The van der Waals surface area contributed by atoms with E-state index in [1.807, 2.05) is 37.3 Å². The number of amides is 1. The first kappa shape index (κ1) is 13.1. The van der Waals surface area contributed by atoms with Gasteiger partial charge in [-0.3, -0.25) is 4.79 Å². The molecule has 1 aliphatic heterocycles. The summed E-state index contributed by atoms with van der Waals surface area (Å²) in [5.74, 6) is -0.0813. The minimum absolute atomic E-state index is 0.0260. The molecule has 1 saturated heterocycles. The van der Waals surface area contributed by atoms with Crippen molar-refractivity contribution in [2.24, 2.45) is 5.73 Å². The van der Waals surface area contributed by atoms with Crippen molar-refractivity contribution in [1.29, 1.82) is 0 Å². The Hall–Kier alpha value is -1.39. The minimum Gasteiger partial charge on any atom is -0.381 e. The largest absolute Gasteiger partial charge is 0.381 e. The maximum absolute atomic E-state index is 12.2. The van der Waals surface area contributed by atoms with Crippen LogP contribution in [-0.2, 0) is 9.53 Å². The molecule has 0 bridgehead atoms. The number of hydrogen-bond acceptors (Lipinski definition) is 3. The Bertz CT molecular complexity index is 400. The average molecular weight is 248 g/mol. The average Bonchev–Trinajstić information content (AvgIpc) is 2.40. The van der Waals surface area contributed by atoms with Crippen LogP contribution in [0, 0.1) is 0 Å². The van der Waals surface area contributed by atoms with Crippen LogP contribution in [0.4, 0.5) is 0 Å². The lowest BCUT2D eigenvalue weighted by Crippen LogP contribution is -2.57. The van der Waals surface area contributed by atoms with E-state index in [0.29, 0.717) is 26.1 Å². The molecule has 1 aliphatic rings. The molecule has 0 saturated carbocycles. The first-order chi connectivity index (χ1) is 8.62. The molecule has 1 amide bonds. The quantitative estimate of drug-likeness (QED) is 0.849. The molecule has 4 nitrogen and oxygen atoms in total. The Morgan fingerprint density at radius 1 is 1.33 bits per heavy atom. The van der Waals surface area contributed by atoms with E-state index in [1.165, 1.54) is 0 Å². The van der Waals surface area contributed by atoms with Crippen molar-refractivity contribution in [2.75, 3.05) is 13.2 Å². The van der Waals surface area contributed by atoms with Crippen LogP contribution in [0.2, 0.25) is 0 Å². The topological polar surface area (TPSA) is 64.4 Å². The summed E-state index contributed by atoms with van der Waals surface area (Å²) in [6.45, 7) is 3.09. The van der Waals surface area contributed by atoms with Gasteiger partial charge in [0.1, 0.15) is 0 Å². The minimum atomic E-state index is -0.776. The molecule has 0 aromatic heterocycles. The number of ether oxygens (including phenoxy) is 1. The molecule has 18 heavy (non-hydrogen) atoms. The highest BCUT2D eigenvalue weighted by atomic mass is 16.5. The predicted molar refractivity (Wildman–Crippen MR) is 70.0 cm³/mol. The zero-order valence-corrected chi connectivity index (χ0v) is 10.7. The van der Waals surface area contributed by atoms with Gasteiger partial charge < -0.3 is 15.8 Å². The lowest BCUT2D eigenvalue weighted by Gasteiger charge is -2.33. The molecule has 1 aromatic rings. The van der Waals surface area contributed by atoms with Crippen LogP contribution < -0.4 is 11.1 Å². The van der Waals surface area contributed by atoms with Gasteiger partial charge in [0.15, 0.2) is 0 Å². The molecule has 1 fully saturated rings. The highest BCUT2D eigenvalue weighted by Crippen LogP contribution is 2.20. The molecular formula is C14H20N2O2. The number of nitrogens with one attached hydrogen (secondary N) is 1. The number of benzene rings is 1. The highest BCUT2D eigenvalue weighted by Gasteiger charge is 2.36. The summed E-state index contributed by atoms with van der Waals surface area (Å²) >= 11 is 0. The summed E-state index contributed by atoms with van der Waals surface area (Å²) in [5.41, 5.74) is 6.45. The number of carbonyl (C=O) groups excluding carboxylic acids is 1. The van der Waals surface area contributed by atoms with Gasteiger partial charge in [0, 0.05) is 13.2 Å². The standard InChI is InChI=1S/C14H20N2O2/c1-11(12-5-3-2-4-6-12)16-13(17)14(15)7-9-18-10-8-14/h2-6,11H,7-10,15H2,1H3,(H,16,17). The maximum Gasteiger partial charge on any atom is 0.240 e. The fourth-order valence-electron chi connectivity index (χ4n) is 2.13.